The predicted octanol–water partition coefficient (Wildman–Crippen LogP) is -0.337. The van der Waals surface area contributed by atoms with Crippen LogP contribution in [0.5, 0.6) is 0 Å². The summed E-state index contributed by atoms with van der Waals surface area (Å²) in [6.45, 7) is 8.86. The minimum atomic E-state index is -1.55. The number of rotatable bonds is 20. The van der Waals surface area contributed by atoms with Gasteiger partial charge in [0.2, 0.25) is 11.8 Å². The molecule has 0 fully saturated rings. The Morgan fingerprint density at radius 2 is 1.55 bits per heavy atom. The molecule has 0 aliphatic heterocycles. The van der Waals surface area contributed by atoms with Crippen molar-refractivity contribution in [3.8, 4) is 0 Å². The number of ketones is 1. The van der Waals surface area contributed by atoms with Crippen molar-refractivity contribution in [2.75, 3.05) is 19.8 Å². The van der Waals surface area contributed by atoms with Crippen LogP contribution in [-0.2, 0) is 43.1 Å². The summed E-state index contributed by atoms with van der Waals surface area (Å²) in [5, 5.41) is 22.6. The van der Waals surface area contributed by atoms with Crippen molar-refractivity contribution in [3.63, 3.8) is 0 Å². The smallest absolute Gasteiger partial charge is 0.333 e. The summed E-state index contributed by atoms with van der Waals surface area (Å²) >= 11 is 0. The Hall–Kier alpha value is -4.08. The highest BCUT2D eigenvalue weighted by atomic mass is 17.1. The Kier molecular flexibility index (Phi) is 17.1. The number of amides is 2. The van der Waals surface area contributed by atoms with E-state index in [0.717, 1.165) is 0 Å². The van der Waals surface area contributed by atoms with E-state index >= 15 is 0 Å². The average molecular weight is 571 g/mol. The van der Waals surface area contributed by atoms with Gasteiger partial charge in [0.05, 0.1) is 18.2 Å². The first-order valence-electron chi connectivity index (χ1n) is 12.2. The van der Waals surface area contributed by atoms with Crippen LogP contribution in [0.4, 0.5) is 0 Å². The topological polar surface area (TPSA) is 247 Å². The summed E-state index contributed by atoms with van der Waals surface area (Å²) in [5.41, 5.74) is 11.2. The van der Waals surface area contributed by atoms with Crippen molar-refractivity contribution in [2.24, 2.45) is 17.4 Å². The summed E-state index contributed by atoms with van der Waals surface area (Å²) in [6.07, 6.45) is 0.504. The molecule has 40 heavy (non-hydrogen) atoms. The van der Waals surface area contributed by atoms with E-state index in [0.29, 0.717) is 25.6 Å². The van der Waals surface area contributed by atoms with Crippen molar-refractivity contribution in [3.05, 3.63) is 36.3 Å². The van der Waals surface area contributed by atoms with Crippen LogP contribution in [0, 0.1) is 5.92 Å². The number of carboxylic acid groups (broad SMARTS) is 1. The van der Waals surface area contributed by atoms with Crippen molar-refractivity contribution < 1.29 is 53.5 Å². The van der Waals surface area contributed by atoms with Crippen LogP contribution in [0.1, 0.15) is 46.0 Å². The summed E-state index contributed by atoms with van der Waals surface area (Å²) in [6, 6.07) is -2.96. The molecule has 0 saturated heterocycles. The highest BCUT2D eigenvalue weighted by molar-refractivity contribution is 5.96. The number of carbonyl (C=O) groups excluding carboxylic acids is 5. The lowest BCUT2D eigenvalue weighted by Crippen LogP contribution is -2.51. The number of hydrogen-bond acceptors (Lipinski definition) is 12. The van der Waals surface area contributed by atoms with Gasteiger partial charge in [-0.2, -0.15) is 0 Å². The van der Waals surface area contributed by atoms with Crippen molar-refractivity contribution in [2.45, 2.75) is 58.0 Å². The Morgan fingerprint density at radius 3 is 2.08 bits per heavy atom. The SMILES string of the molecule is C=C(C)C(=O)OC/C(=C/OO)NC(=O)[C@H](CCCCN)CC(=O)[C@H](CC(=O)O)NC(=O)[C@@H](N)COC(=O)C(=C)C. The first kappa shape index (κ1) is 35.9. The molecule has 0 radical (unpaired) electrons. The highest BCUT2D eigenvalue weighted by Crippen LogP contribution is 2.17. The lowest BCUT2D eigenvalue weighted by atomic mass is 9.91. The number of hydrogen-bond donors (Lipinski definition) is 6. The molecule has 0 aromatic rings. The largest absolute Gasteiger partial charge is 0.481 e. The van der Waals surface area contributed by atoms with Crippen LogP contribution in [-0.4, -0.2) is 77.7 Å². The van der Waals surface area contributed by atoms with Crippen molar-refractivity contribution >= 4 is 35.5 Å². The molecule has 0 heterocycles. The zero-order valence-electron chi connectivity index (χ0n) is 22.6. The number of carboxylic acids is 1. The van der Waals surface area contributed by atoms with Gasteiger partial charge in [0, 0.05) is 23.5 Å². The van der Waals surface area contributed by atoms with Gasteiger partial charge in [-0.25, -0.2) is 14.8 Å². The molecular formula is C25H38N4O11. The van der Waals surface area contributed by atoms with Crippen LogP contribution in [0.25, 0.3) is 0 Å². The van der Waals surface area contributed by atoms with E-state index in [4.69, 9.17) is 26.2 Å². The van der Waals surface area contributed by atoms with Crippen LogP contribution in [0.2, 0.25) is 0 Å². The second-order valence-corrected chi connectivity index (χ2v) is 8.89. The van der Waals surface area contributed by atoms with E-state index in [1.54, 1.807) is 0 Å². The third-order valence-corrected chi connectivity index (χ3v) is 5.17. The quantitative estimate of drug-likeness (QED) is 0.0274. The highest BCUT2D eigenvalue weighted by Gasteiger charge is 2.31. The van der Waals surface area contributed by atoms with Gasteiger partial charge < -0.3 is 41.6 Å². The third-order valence-electron chi connectivity index (χ3n) is 5.17. The third kappa shape index (κ3) is 14.8. The summed E-state index contributed by atoms with van der Waals surface area (Å²) < 4.78 is 9.72. The summed E-state index contributed by atoms with van der Waals surface area (Å²) in [4.78, 5) is 77.0. The molecular weight excluding hydrogens is 532 g/mol. The maximum atomic E-state index is 13.1. The van der Waals surface area contributed by atoms with Crippen LogP contribution in [0.15, 0.2) is 36.3 Å². The minimum Gasteiger partial charge on any atom is -0.481 e. The summed E-state index contributed by atoms with van der Waals surface area (Å²) in [7, 11) is 0. The first-order chi connectivity index (χ1) is 18.7. The number of Topliss-reactive ketones (excluding diaryl/α,β-unsaturated/α-hetero) is 1. The number of nitrogens with one attached hydrogen (secondary N) is 2. The van der Waals surface area contributed by atoms with Gasteiger partial charge in [0.1, 0.15) is 19.3 Å². The minimum absolute atomic E-state index is 0.0722. The molecule has 2 amide bonds. The Balaban J connectivity index is 5.61. The molecule has 0 bridgehead atoms. The normalized spacial score (nSPS) is 13.2. The van der Waals surface area contributed by atoms with Crippen molar-refractivity contribution in [1.29, 1.82) is 0 Å². The van der Waals surface area contributed by atoms with Gasteiger partial charge in [0.15, 0.2) is 12.0 Å². The van der Waals surface area contributed by atoms with E-state index in [2.05, 4.69) is 28.7 Å². The fourth-order valence-corrected chi connectivity index (χ4v) is 3.00. The number of unbranched alkanes of at least 4 members (excludes halogenated alkanes) is 1. The van der Waals surface area contributed by atoms with E-state index in [-0.39, 0.29) is 23.3 Å². The van der Waals surface area contributed by atoms with Crippen molar-refractivity contribution in [1.82, 2.24) is 10.6 Å². The van der Waals surface area contributed by atoms with E-state index < -0.39 is 79.6 Å². The van der Waals surface area contributed by atoms with Gasteiger partial charge in [0.25, 0.3) is 0 Å². The molecule has 8 N–H and O–H groups in total. The number of aliphatic carboxylic acids is 1. The number of ether oxygens (including phenoxy) is 2. The first-order valence-corrected chi connectivity index (χ1v) is 12.2. The molecule has 0 aliphatic rings. The Labute approximate surface area is 231 Å². The molecule has 0 rings (SSSR count). The van der Waals surface area contributed by atoms with Crippen LogP contribution < -0.4 is 22.1 Å². The second kappa shape index (κ2) is 19.1. The van der Waals surface area contributed by atoms with E-state index in [9.17, 15) is 33.9 Å². The number of esters is 2. The van der Waals surface area contributed by atoms with E-state index in [1.165, 1.54) is 13.8 Å². The molecule has 0 aliphatic carbocycles. The molecule has 0 aromatic heterocycles. The molecule has 3 atom stereocenters. The van der Waals surface area contributed by atoms with Crippen LogP contribution in [0.3, 0.4) is 0 Å². The maximum Gasteiger partial charge on any atom is 0.333 e. The van der Waals surface area contributed by atoms with Gasteiger partial charge in [-0.3, -0.25) is 19.2 Å². The monoisotopic (exact) mass is 570 g/mol. The fraction of sp³-hybridized carbons (Fsp3) is 0.520. The molecule has 15 nitrogen and oxygen atoms in total. The maximum absolute atomic E-state index is 13.1. The second-order valence-electron chi connectivity index (χ2n) is 8.89. The van der Waals surface area contributed by atoms with Gasteiger partial charge in [-0.1, -0.05) is 19.6 Å². The zero-order valence-corrected chi connectivity index (χ0v) is 22.6. The molecule has 0 unspecified atom stereocenters. The van der Waals surface area contributed by atoms with Gasteiger partial charge >= 0.3 is 17.9 Å². The van der Waals surface area contributed by atoms with Crippen LogP contribution >= 0.6 is 0 Å². The molecule has 0 saturated carbocycles. The lowest BCUT2D eigenvalue weighted by Gasteiger charge is -2.22. The molecule has 0 aromatic carbocycles. The van der Waals surface area contributed by atoms with E-state index in [1.807, 2.05) is 0 Å². The Bertz CT molecular complexity index is 993. The lowest BCUT2D eigenvalue weighted by molar-refractivity contribution is -0.188. The summed E-state index contributed by atoms with van der Waals surface area (Å²) in [5.74, 6) is -6.47. The average Bonchev–Trinajstić information content (AvgIpc) is 2.88. The number of nitrogens with two attached hydrogens (primary N) is 2. The standard InChI is InChI=1S/C25H38N4O11/c1-14(2)24(35)38-11-17(12-40-37)28-22(33)16(7-5-6-8-26)9-20(30)19(10-21(31)32)29-23(34)18(27)13-39-25(36)15(3)4/h12,16,18-19,37H,1,3,5-11,13,26-27H2,2,4H3,(H,28,33)(H,29,34)(H,31,32)/b17-12-/t16-,18+,19+/m1/s1. The van der Waals surface area contributed by atoms with Gasteiger partial charge in [-0.05, 0) is 33.2 Å². The molecule has 15 heteroatoms. The molecule has 224 valence electrons. The Morgan fingerprint density at radius 1 is 0.950 bits per heavy atom. The van der Waals surface area contributed by atoms with Gasteiger partial charge in [-0.15, -0.1) is 0 Å². The number of carbonyl (C=O) groups is 6. The zero-order chi connectivity index (χ0) is 30.8. The fourth-order valence-electron chi connectivity index (χ4n) is 3.00. The molecule has 0 spiro atoms. The predicted molar refractivity (Wildman–Crippen MR) is 140 cm³/mol.